The van der Waals surface area contributed by atoms with Crippen molar-refractivity contribution in [3.05, 3.63) is 23.9 Å². The first-order valence-corrected chi connectivity index (χ1v) is 6.74. The van der Waals surface area contributed by atoms with E-state index in [0.717, 1.165) is 25.9 Å². The third kappa shape index (κ3) is 3.41. The van der Waals surface area contributed by atoms with Crippen LogP contribution in [0.1, 0.15) is 18.5 Å². The molecular formula is C13H18N4OS. The Bertz CT molecular complexity index is 485. The molecular weight excluding hydrogens is 260 g/mol. The highest BCUT2D eigenvalue weighted by molar-refractivity contribution is 7.80. The second-order valence-electron chi connectivity index (χ2n) is 4.69. The van der Waals surface area contributed by atoms with Crippen molar-refractivity contribution in [2.24, 2.45) is 5.73 Å². The monoisotopic (exact) mass is 278 g/mol. The Kier molecular flexibility index (Phi) is 4.31. The molecule has 0 radical (unpaired) electrons. The molecule has 1 amide bonds. The maximum atomic E-state index is 12.1. The molecule has 2 heterocycles. The van der Waals surface area contributed by atoms with E-state index in [0.29, 0.717) is 18.1 Å². The molecule has 2 rings (SSSR count). The number of hydrogen-bond acceptors (Lipinski definition) is 4. The number of amides is 1. The minimum absolute atomic E-state index is 0.141. The standard InChI is InChI=1S/C13H18N4OS/c1-16(9-12(18)17-7-2-3-8-17)11-6-4-5-10(15-11)13(14)19/h4-6H,2-3,7-9H2,1H3,(H2,14,19). The summed E-state index contributed by atoms with van der Waals surface area (Å²) in [4.78, 5) is 20.4. The van der Waals surface area contributed by atoms with E-state index in [1.165, 1.54) is 0 Å². The van der Waals surface area contributed by atoms with Gasteiger partial charge in [-0.15, -0.1) is 0 Å². The average molecular weight is 278 g/mol. The summed E-state index contributed by atoms with van der Waals surface area (Å²) in [5.74, 6) is 0.848. The molecule has 1 aliphatic heterocycles. The van der Waals surface area contributed by atoms with Crippen molar-refractivity contribution >= 4 is 28.9 Å². The molecule has 1 aromatic rings. The zero-order valence-corrected chi connectivity index (χ0v) is 11.8. The fourth-order valence-electron chi connectivity index (χ4n) is 2.12. The maximum absolute atomic E-state index is 12.1. The molecule has 0 aromatic carbocycles. The van der Waals surface area contributed by atoms with E-state index in [-0.39, 0.29) is 10.9 Å². The Morgan fingerprint density at radius 1 is 1.47 bits per heavy atom. The number of anilines is 1. The summed E-state index contributed by atoms with van der Waals surface area (Å²) >= 11 is 4.90. The lowest BCUT2D eigenvalue weighted by Gasteiger charge is -2.22. The molecule has 0 atom stereocenters. The van der Waals surface area contributed by atoms with Crippen LogP contribution in [0.2, 0.25) is 0 Å². The summed E-state index contributed by atoms with van der Waals surface area (Å²) in [6.45, 7) is 2.06. The Balaban J connectivity index is 2.02. The van der Waals surface area contributed by atoms with E-state index in [4.69, 9.17) is 18.0 Å². The smallest absolute Gasteiger partial charge is 0.242 e. The molecule has 0 saturated carbocycles. The number of pyridine rings is 1. The van der Waals surface area contributed by atoms with Gasteiger partial charge in [0.1, 0.15) is 10.8 Å². The van der Waals surface area contributed by atoms with Gasteiger partial charge >= 0.3 is 0 Å². The first-order valence-electron chi connectivity index (χ1n) is 6.33. The topological polar surface area (TPSA) is 62.5 Å². The fourth-order valence-corrected chi connectivity index (χ4v) is 2.24. The second-order valence-corrected chi connectivity index (χ2v) is 5.13. The van der Waals surface area contributed by atoms with E-state index >= 15 is 0 Å². The summed E-state index contributed by atoms with van der Waals surface area (Å²) in [6, 6.07) is 5.45. The first-order chi connectivity index (χ1) is 9.08. The largest absolute Gasteiger partial charge is 0.388 e. The van der Waals surface area contributed by atoms with Crippen molar-refractivity contribution in [1.82, 2.24) is 9.88 Å². The molecule has 102 valence electrons. The van der Waals surface area contributed by atoms with Crippen LogP contribution >= 0.6 is 12.2 Å². The number of likely N-dealkylation sites (N-methyl/N-ethyl adjacent to an activating group) is 1. The number of nitrogens with two attached hydrogens (primary N) is 1. The van der Waals surface area contributed by atoms with Gasteiger partial charge in [0, 0.05) is 20.1 Å². The summed E-state index contributed by atoms with van der Waals surface area (Å²) in [6.07, 6.45) is 2.20. The van der Waals surface area contributed by atoms with Crippen molar-refractivity contribution in [3.63, 3.8) is 0 Å². The zero-order chi connectivity index (χ0) is 13.8. The predicted octanol–water partition coefficient (Wildman–Crippen LogP) is 0.774. The van der Waals surface area contributed by atoms with Gasteiger partial charge in [-0.3, -0.25) is 4.79 Å². The molecule has 1 aromatic heterocycles. The van der Waals surface area contributed by atoms with Crippen molar-refractivity contribution in [2.45, 2.75) is 12.8 Å². The normalized spacial score (nSPS) is 14.5. The molecule has 0 aliphatic carbocycles. The highest BCUT2D eigenvalue weighted by atomic mass is 32.1. The van der Waals surface area contributed by atoms with Gasteiger partial charge in [0.25, 0.3) is 0 Å². The number of rotatable bonds is 4. The summed E-state index contributed by atoms with van der Waals surface area (Å²) < 4.78 is 0. The van der Waals surface area contributed by atoms with Gasteiger partial charge in [-0.2, -0.15) is 0 Å². The Hall–Kier alpha value is -1.69. The van der Waals surface area contributed by atoms with Gasteiger partial charge in [-0.05, 0) is 25.0 Å². The summed E-state index contributed by atoms with van der Waals surface area (Å²) in [7, 11) is 1.85. The van der Waals surface area contributed by atoms with Crippen molar-refractivity contribution < 1.29 is 4.79 Å². The molecule has 0 unspecified atom stereocenters. The minimum atomic E-state index is 0.141. The Morgan fingerprint density at radius 3 is 2.79 bits per heavy atom. The molecule has 1 aliphatic rings. The third-order valence-corrected chi connectivity index (χ3v) is 3.42. The van der Waals surface area contributed by atoms with Gasteiger partial charge in [-0.1, -0.05) is 18.3 Å². The predicted molar refractivity (Wildman–Crippen MR) is 79.2 cm³/mol. The second kappa shape index (κ2) is 5.97. The lowest BCUT2D eigenvalue weighted by atomic mass is 10.3. The lowest BCUT2D eigenvalue weighted by molar-refractivity contribution is -0.128. The maximum Gasteiger partial charge on any atom is 0.242 e. The Labute approximate surface area is 118 Å². The number of hydrogen-bond donors (Lipinski definition) is 1. The van der Waals surface area contributed by atoms with Crippen molar-refractivity contribution in [3.8, 4) is 0 Å². The van der Waals surface area contributed by atoms with Gasteiger partial charge in [-0.25, -0.2) is 4.98 Å². The number of likely N-dealkylation sites (tertiary alicyclic amines) is 1. The average Bonchev–Trinajstić information content (AvgIpc) is 2.92. The molecule has 0 bridgehead atoms. The van der Waals surface area contributed by atoms with E-state index < -0.39 is 0 Å². The minimum Gasteiger partial charge on any atom is -0.388 e. The van der Waals surface area contributed by atoms with Crippen LogP contribution in [0, 0.1) is 0 Å². The van der Waals surface area contributed by atoms with Crippen LogP contribution in [0.15, 0.2) is 18.2 Å². The molecule has 1 saturated heterocycles. The van der Waals surface area contributed by atoms with E-state index in [9.17, 15) is 4.79 Å². The SMILES string of the molecule is CN(CC(=O)N1CCCC1)c1cccc(C(N)=S)n1. The molecule has 19 heavy (non-hydrogen) atoms. The quantitative estimate of drug-likeness (QED) is 0.825. The van der Waals surface area contributed by atoms with Crippen LogP contribution in [-0.2, 0) is 4.79 Å². The Morgan fingerprint density at radius 2 is 2.16 bits per heavy atom. The van der Waals surface area contributed by atoms with Gasteiger partial charge in [0.15, 0.2) is 0 Å². The van der Waals surface area contributed by atoms with E-state index in [1.54, 1.807) is 6.07 Å². The summed E-state index contributed by atoms with van der Waals surface area (Å²) in [5, 5.41) is 0. The van der Waals surface area contributed by atoms with Crippen LogP contribution in [0.4, 0.5) is 5.82 Å². The van der Waals surface area contributed by atoms with E-state index in [2.05, 4.69) is 4.98 Å². The first kappa shape index (κ1) is 13.7. The van der Waals surface area contributed by atoms with Crippen LogP contribution in [0.3, 0.4) is 0 Å². The number of aromatic nitrogens is 1. The third-order valence-electron chi connectivity index (χ3n) is 3.21. The van der Waals surface area contributed by atoms with Crippen LogP contribution in [-0.4, -0.2) is 47.5 Å². The van der Waals surface area contributed by atoms with Crippen LogP contribution in [0.5, 0.6) is 0 Å². The number of carbonyl (C=O) groups is 1. The number of thiocarbonyl (C=S) groups is 1. The highest BCUT2D eigenvalue weighted by Gasteiger charge is 2.19. The van der Waals surface area contributed by atoms with Gasteiger partial charge in [0.05, 0.1) is 12.2 Å². The number of nitrogens with zero attached hydrogens (tertiary/aromatic N) is 3. The van der Waals surface area contributed by atoms with Crippen LogP contribution < -0.4 is 10.6 Å². The summed E-state index contributed by atoms with van der Waals surface area (Å²) in [5.41, 5.74) is 6.14. The molecule has 2 N–H and O–H groups in total. The zero-order valence-electron chi connectivity index (χ0n) is 11.0. The van der Waals surface area contributed by atoms with Crippen molar-refractivity contribution in [2.75, 3.05) is 31.6 Å². The number of carbonyl (C=O) groups excluding carboxylic acids is 1. The van der Waals surface area contributed by atoms with E-state index in [1.807, 2.05) is 29.0 Å². The molecule has 6 heteroatoms. The fraction of sp³-hybridized carbons (Fsp3) is 0.462. The molecule has 5 nitrogen and oxygen atoms in total. The van der Waals surface area contributed by atoms with Gasteiger partial charge in [0.2, 0.25) is 5.91 Å². The highest BCUT2D eigenvalue weighted by Crippen LogP contribution is 2.12. The lowest BCUT2D eigenvalue weighted by Crippen LogP contribution is -2.37. The van der Waals surface area contributed by atoms with Crippen molar-refractivity contribution in [1.29, 1.82) is 0 Å². The molecule has 0 spiro atoms. The van der Waals surface area contributed by atoms with Crippen LogP contribution in [0.25, 0.3) is 0 Å². The molecule has 1 fully saturated rings. The van der Waals surface area contributed by atoms with Gasteiger partial charge < -0.3 is 15.5 Å².